The molecule has 0 amide bonds. The Balaban J connectivity index is 1.92. The Hall–Kier alpha value is -1.94. The smallest absolute Gasteiger partial charge is 0.144 e. The van der Waals surface area contributed by atoms with Crippen LogP contribution >= 0.6 is 0 Å². The molecule has 2 N–H and O–H groups in total. The van der Waals surface area contributed by atoms with E-state index in [-0.39, 0.29) is 0 Å². The molecule has 3 rings (SSSR count). The first-order chi connectivity index (χ1) is 9.28. The van der Waals surface area contributed by atoms with Crippen molar-refractivity contribution >= 4 is 11.5 Å². The minimum Gasteiger partial charge on any atom is -0.329 e. The summed E-state index contributed by atoms with van der Waals surface area (Å²) in [6.45, 7) is 0.367. The molecule has 0 aliphatic heterocycles. The van der Waals surface area contributed by atoms with Crippen molar-refractivity contribution in [2.75, 3.05) is 11.9 Å². The molecule has 1 aromatic carbocycles. The van der Waals surface area contributed by atoms with Crippen LogP contribution in [0.4, 0.5) is 11.5 Å². The van der Waals surface area contributed by atoms with Gasteiger partial charge >= 0.3 is 0 Å². The molecule has 0 atom stereocenters. The van der Waals surface area contributed by atoms with Crippen molar-refractivity contribution in [1.29, 1.82) is 0 Å². The highest BCUT2D eigenvalue weighted by atomic mass is 15.2. The van der Waals surface area contributed by atoms with E-state index >= 15 is 0 Å². The zero-order valence-corrected chi connectivity index (χ0v) is 11.1. The minimum atomic E-state index is 0.367. The van der Waals surface area contributed by atoms with Crippen molar-refractivity contribution in [1.82, 2.24) is 9.97 Å². The van der Waals surface area contributed by atoms with Crippen LogP contribution in [0.5, 0.6) is 0 Å². The maximum Gasteiger partial charge on any atom is 0.144 e. The van der Waals surface area contributed by atoms with E-state index in [1.54, 1.807) is 6.20 Å². The van der Waals surface area contributed by atoms with Gasteiger partial charge in [0.25, 0.3) is 0 Å². The largest absolute Gasteiger partial charge is 0.329 e. The number of hydrogen-bond donors (Lipinski definition) is 1. The maximum atomic E-state index is 5.59. The van der Waals surface area contributed by atoms with E-state index in [1.165, 1.54) is 36.1 Å². The number of nitrogens with two attached hydrogens (primary N) is 1. The van der Waals surface area contributed by atoms with Crippen LogP contribution in [0.2, 0.25) is 0 Å². The van der Waals surface area contributed by atoms with Crippen molar-refractivity contribution in [3.05, 3.63) is 47.4 Å². The Morgan fingerprint density at radius 2 is 2.05 bits per heavy atom. The number of hydrogen-bond acceptors (Lipinski definition) is 4. The van der Waals surface area contributed by atoms with Gasteiger partial charge in [-0.15, -0.1) is 0 Å². The fraction of sp³-hybridized carbons (Fsp3) is 0.333. The van der Waals surface area contributed by atoms with Crippen LogP contribution in [0.25, 0.3) is 0 Å². The highest BCUT2D eigenvalue weighted by Gasteiger charge is 2.13. The second kappa shape index (κ2) is 4.97. The predicted octanol–water partition coefficient (Wildman–Crippen LogP) is 2.19. The first-order valence-corrected chi connectivity index (χ1v) is 6.65. The van der Waals surface area contributed by atoms with Crippen LogP contribution in [0, 0.1) is 0 Å². The second-order valence-corrected chi connectivity index (χ2v) is 4.90. The molecular formula is C15H18N4. The summed E-state index contributed by atoms with van der Waals surface area (Å²) in [4.78, 5) is 10.7. The topological polar surface area (TPSA) is 55.0 Å². The third-order valence-corrected chi connectivity index (χ3v) is 3.69. The third kappa shape index (κ3) is 2.31. The predicted molar refractivity (Wildman–Crippen MR) is 76.5 cm³/mol. The van der Waals surface area contributed by atoms with E-state index in [0.29, 0.717) is 12.4 Å². The van der Waals surface area contributed by atoms with E-state index in [9.17, 15) is 0 Å². The average Bonchev–Trinajstić information content (AvgIpc) is 2.94. The molecule has 0 saturated heterocycles. The molecule has 4 nitrogen and oxygen atoms in total. The third-order valence-electron chi connectivity index (χ3n) is 3.69. The molecule has 98 valence electrons. The lowest BCUT2D eigenvalue weighted by Crippen LogP contribution is -2.14. The van der Waals surface area contributed by atoms with E-state index < -0.39 is 0 Å². The van der Waals surface area contributed by atoms with Crippen LogP contribution in [-0.2, 0) is 19.4 Å². The van der Waals surface area contributed by atoms with E-state index in [0.717, 1.165) is 5.82 Å². The summed E-state index contributed by atoms with van der Waals surface area (Å²) in [5, 5.41) is 0. The van der Waals surface area contributed by atoms with Crippen LogP contribution in [0.15, 0.2) is 30.5 Å². The van der Waals surface area contributed by atoms with Crippen LogP contribution < -0.4 is 10.6 Å². The molecule has 1 heterocycles. The normalized spacial score (nSPS) is 13.4. The summed E-state index contributed by atoms with van der Waals surface area (Å²) >= 11 is 0. The Kier molecular flexibility index (Phi) is 3.17. The first kappa shape index (κ1) is 12.1. The van der Waals surface area contributed by atoms with Gasteiger partial charge in [-0.05, 0) is 48.6 Å². The fourth-order valence-electron chi connectivity index (χ4n) is 2.57. The van der Waals surface area contributed by atoms with Gasteiger partial charge < -0.3 is 10.6 Å². The number of nitrogens with zero attached hydrogens (tertiary/aromatic N) is 3. The van der Waals surface area contributed by atoms with Crippen LogP contribution in [-0.4, -0.2) is 17.0 Å². The molecule has 0 radical (unpaired) electrons. The molecule has 1 aliphatic rings. The Labute approximate surface area is 113 Å². The van der Waals surface area contributed by atoms with Crippen molar-refractivity contribution in [2.45, 2.75) is 25.8 Å². The number of benzene rings is 1. The molecule has 19 heavy (non-hydrogen) atoms. The summed E-state index contributed by atoms with van der Waals surface area (Å²) in [6.07, 6.45) is 5.43. The quantitative estimate of drug-likeness (QED) is 0.912. The Morgan fingerprint density at radius 3 is 2.89 bits per heavy atom. The van der Waals surface area contributed by atoms with Gasteiger partial charge in [0.1, 0.15) is 11.6 Å². The monoisotopic (exact) mass is 254 g/mol. The van der Waals surface area contributed by atoms with Crippen LogP contribution in [0.3, 0.4) is 0 Å². The van der Waals surface area contributed by atoms with Crippen molar-refractivity contribution < 1.29 is 0 Å². The van der Waals surface area contributed by atoms with Gasteiger partial charge in [-0.25, -0.2) is 9.97 Å². The molecule has 0 unspecified atom stereocenters. The lowest BCUT2D eigenvalue weighted by Gasteiger charge is -2.19. The van der Waals surface area contributed by atoms with Crippen molar-refractivity contribution in [2.24, 2.45) is 5.73 Å². The minimum absolute atomic E-state index is 0.367. The average molecular weight is 254 g/mol. The van der Waals surface area contributed by atoms with E-state index in [1.807, 2.05) is 13.1 Å². The zero-order chi connectivity index (χ0) is 13.2. The molecule has 0 spiro atoms. The van der Waals surface area contributed by atoms with Crippen molar-refractivity contribution in [3.63, 3.8) is 0 Å². The first-order valence-electron chi connectivity index (χ1n) is 6.65. The van der Waals surface area contributed by atoms with Crippen molar-refractivity contribution in [3.8, 4) is 0 Å². The van der Waals surface area contributed by atoms with Gasteiger partial charge in [-0.1, -0.05) is 6.07 Å². The number of fused-ring (bicyclic) bond motifs is 1. The Morgan fingerprint density at radius 1 is 1.21 bits per heavy atom. The molecule has 1 aromatic heterocycles. The maximum absolute atomic E-state index is 5.59. The summed E-state index contributed by atoms with van der Waals surface area (Å²) in [7, 11) is 2.03. The number of rotatable bonds is 3. The molecule has 0 bridgehead atoms. The van der Waals surface area contributed by atoms with Gasteiger partial charge in [0.2, 0.25) is 0 Å². The zero-order valence-electron chi connectivity index (χ0n) is 11.1. The second-order valence-electron chi connectivity index (χ2n) is 4.90. The molecule has 2 aromatic rings. The number of anilines is 2. The Bertz CT molecular complexity index is 594. The molecule has 1 aliphatic carbocycles. The van der Waals surface area contributed by atoms with Gasteiger partial charge in [0, 0.05) is 18.9 Å². The SMILES string of the molecule is CN(c1ccc2c(c1)CCC2)c1ccnc(CN)n1. The molecule has 0 fully saturated rings. The van der Waals surface area contributed by atoms with Gasteiger partial charge in [-0.3, -0.25) is 0 Å². The highest BCUT2D eigenvalue weighted by Crippen LogP contribution is 2.28. The molecular weight excluding hydrogens is 236 g/mol. The summed E-state index contributed by atoms with van der Waals surface area (Å²) in [6, 6.07) is 8.58. The summed E-state index contributed by atoms with van der Waals surface area (Å²) in [5.41, 5.74) is 9.71. The van der Waals surface area contributed by atoms with Crippen LogP contribution in [0.1, 0.15) is 23.4 Å². The number of aromatic nitrogens is 2. The van der Waals surface area contributed by atoms with Gasteiger partial charge in [-0.2, -0.15) is 0 Å². The fourth-order valence-corrected chi connectivity index (χ4v) is 2.57. The molecule has 4 heteroatoms. The summed E-state index contributed by atoms with van der Waals surface area (Å²) < 4.78 is 0. The molecule has 0 saturated carbocycles. The highest BCUT2D eigenvalue weighted by molar-refractivity contribution is 5.61. The van der Waals surface area contributed by atoms with Gasteiger partial charge in [0.15, 0.2) is 0 Å². The summed E-state index contributed by atoms with van der Waals surface area (Å²) in [5.74, 6) is 1.55. The number of aryl methyl sites for hydroxylation is 2. The van der Waals surface area contributed by atoms with E-state index in [2.05, 4.69) is 33.1 Å². The lowest BCUT2D eigenvalue weighted by atomic mass is 10.1. The van der Waals surface area contributed by atoms with Gasteiger partial charge in [0.05, 0.1) is 6.54 Å². The standard InChI is InChI=1S/C15H18N4/c1-19(15-7-8-17-14(10-16)18-15)13-6-5-11-3-2-4-12(11)9-13/h5-9H,2-4,10,16H2,1H3. The lowest BCUT2D eigenvalue weighted by molar-refractivity contribution is 0.898. The van der Waals surface area contributed by atoms with E-state index in [4.69, 9.17) is 5.73 Å².